The van der Waals surface area contributed by atoms with E-state index >= 15 is 0 Å². The Labute approximate surface area is 123 Å². The molecule has 1 aromatic carbocycles. The molecule has 1 aromatic heterocycles. The van der Waals surface area contributed by atoms with E-state index in [-0.39, 0.29) is 0 Å². The standard InChI is InChI=1S/C16H16N2OS/c1-2-4-13(5-3-1)20-14-10-15-16(17-11-14)19-9-8-18(15)12-6-7-12/h1-5,10-12H,6-9H2. The van der Waals surface area contributed by atoms with E-state index in [2.05, 4.69) is 40.2 Å². The number of benzene rings is 1. The lowest BCUT2D eigenvalue weighted by molar-refractivity contribution is 0.294. The van der Waals surface area contributed by atoms with Crippen molar-refractivity contribution in [2.75, 3.05) is 18.1 Å². The second kappa shape index (κ2) is 5.02. The molecule has 0 atom stereocenters. The van der Waals surface area contributed by atoms with Gasteiger partial charge in [-0.1, -0.05) is 30.0 Å². The molecule has 0 bridgehead atoms. The quantitative estimate of drug-likeness (QED) is 0.860. The van der Waals surface area contributed by atoms with Gasteiger partial charge in [-0.25, -0.2) is 4.98 Å². The van der Waals surface area contributed by atoms with Gasteiger partial charge in [-0.15, -0.1) is 0 Å². The zero-order chi connectivity index (χ0) is 13.4. The molecule has 102 valence electrons. The van der Waals surface area contributed by atoms with Crippen LogP contribution in [0, 0.1) is 0 Å². The number of nitrogens with zero attached hydrogens (tertiary/aromatic N) is 2. The lowest BCUT2D eigenvalue weighted by Crippen LogP contribution is -2.34. The molecule has 1 fully saturated rings. The van der Waals surface area contributed by atoms with E-state index in [1.165, 1.54) is 28.3 Å². The summed E-state index contributed by atoms with van der Waals surface area (Å²) in [6.07, 6.45) is 4.51. The summed E-state index contributed by atoms with van der Waals surface area (Å²) in [5.74, 6) is 0.792. The molecule has 0 unspecified atom stereocenters. The summed E-state index contributed by atoms with van der Waals surface area (Å²) < 4.78 is 5.67. The van der Waals surface area contributed by atoms with Crippen molar-refractivity contribution >= 4 is 17.4 Å². The first-order valence-corrected chi connectivity index (χ1v) is 7.84. The predicted molar refractivity (Wildman–Crippen MR) is 80.7 cm³/mol. The fourth-order valence-electron chi connectivity index (χ4n) is 2.55. The number of ether oxygens (including phenoxy) is 1. The number of pyridine rings is 1. The lowest BCUT2D eigenvalue weighted by atomic mass is 10.3. The molecule has 4 rings (SSSR count). The van der Waals surface area contributed by atoms with Gasteiger partial charge in [0.15, 0.2) is 0 Å². The number of anilines is 1. The van der Waals surface area contributed by atoms with Crippen LogP contribution in [0.4, 0.5) is 5.69 Å². The topological polar surface area (TPSA) is 25.4 Å². The van der Waals surface area contributed by atoms with Crippen molar-refractivity contribution in [2.45, 2.75) is 28.7 Å². The minimum Gasteiger partial charge on any atom is -0.474 e. The lowest BCUT2D eigenvalue weighted by Gasteiger charge is -2.30. The van der Waals surface area contributed by atoms with Crippen molar-refractivity contribution in [1.29, 1.82) is 0 Å². The second-order valence-corrected chi connectivity index (χ2v) is 6.33. The molecule has 1 saturated carbocycles. The maximum absolute atomic E-state index is 5.67. The van der Waals surface area contributed by atoms with Gasteiger partial charge in [-0.3, -0.25) is 0 Å². The molecule has 0 N–H and O–H groups in total. The summed E-state index contributed by atoms with van der Waals surface area (Å²) in [5, 5.41) is 0. The van der Waals surface area contributed by atoms with Gasteiger partial charge in [-0.05, 0) is 31.0 Å². The third-order valence-electron chi connectivity index (χ3n) is 3.65. The summed E-state index contributed by atoms with van der Waals surface area (Å²) in [7, 11) is 0. The van der Waals surface area contributed by atoms with Crippen molar-refractivity contribution in [3.8, 4) is 5.88 Å². The van der Waals surface area contributed by atoms with Crippen LogP contribution in [-0.2, 0) is 0 Å². The molecule has 0 radical (unpaired) electrons. The van der Waals surface area contributed by atoms with Crippen molar-refractivity contribution in [1.82, 2.24) is 4.98 Å². The number of hydrogen-bond donors (Lipinski definition) is 0. The molecule has 20 heavy (non-hydrogen) atoms. The van der Waals surface area contributed by atoms with E-state index in [4.69, 9.17) is 4.74 Å². The largest absolute Gasteiger partial charge is 0.474 e. The van der Waals surface area contributed by atoms with Crippen LogP contribution in [0.25, 0.3) is 0 Å². The van der Waals surface area contributed by atoms with Gasteiger partial charge in [0.05, 0.1) is 6.54 Å². The van der Waals surface area contributed by atoms with Crippen LogP contribution < -0.4 is 9.64 Å². The smallest absolute Gasteiger partial charge is 0.237 e. The Hall–Kier alpha value is -1.68. The molecule has 1 aliphatic heterocycles. The van der Waals surface area contributed by atoms with E-state index in [9.17, 15) is 0 Å². The Kier molecular flexibility index (Phi) is 3.03. The highest BCUT2D eigenvalue weighted by Crippen LogP contribution is 2.40. The van der Waals surface area contributed by atoms with Gasteiger partial charge in [-0.2, -0.15) is 0 Å². The maximum Gasteiger partial charge on any atom is 0.237 e. The summed E-state index contributed by atoms with van der Waals surface area (Å²) in [6.45, 7) is 1.74. The van der Waals surface area contributed by atoms with Crippen LogP contribution in [0.5, 0.6) is 5.88 Å². The highest BCUT2D eigenvalue weighted by molar-refractivity contribution is 7.99. The first-order chi connectivity index (χ1) is 9.90. The van der Waals surface area contributed by atoms with Crippen molar-refractivity contribution in [2.24, 2.45) is 0 Å². The van der Waals surface area contributed by atoms with Crippen LogP contribution in [0.2, 0.25) is 0 Å². The van der Waals surface area contributed by atoms with E-state index in [0.29, 0.717) is 6.04 Å². The Morgan fingerprint density at radius 2 is 2.00 bits per heavy atom. The number of hydrogen-bond acceptors (Lipinski definition) is 4. The Morgan fingerprint density at radius 1 is 1.15 bits per heavy atom. The van der Waals surface area contributed by atoms with E-state index < -0.39 is 0 Å². The van der Waals surface area contributed by atoms with Crippen LogP contribution in [-0.4, -0.2) is 24.2 Å². The first kappa shape index (κ1) is 12.1. The van der Waals surface area contributed by atoms with Crippen molar-refractivity contribution in [3.63, 3.8) is 0 Å². The minimum atomic E-state index is 0.705. The van der Waals surface area contributed by atoms with E-state index in [1.807, 2.05) is 12.3 Å². The molecular formula is C16H16N2OS. The highest BCUT2D eigenvalue weighted by Gasteiger charge is 2.33. The van der Waals surface area contributed by atoms with Gasteiger partial charge < -0.3 is 9.64 Å². The fraction of sp³-hybridized carbons (Fsp3) is 0.312. The number of fused-ring (bicyclic) bond motifs is 1. The Bertz CT molecular complexity index is 613. The Morgan fingerprint density at radius 3 is 2.80 bits per heavy atom. The molecule has 0 amide bonds. The molecule has 2 aromatic rings. The SMILES string of the molecule is c1ccc(Sc2cnc3c(c2)N(C2CC2)CCO3)cc1. The van der Waals surface area contributed by atoms with Gasteiger partial charge >= 0.3 is 0 Å². The Balaban J connectivity index is 1.64. The number of rotatable bonds is 3. The molecule has 0 spiro atoms. The number of aromatic nitrogens is 1. The van der Waals surface area contributed by atoms with Crippen molar-refractivity contribution < 1.29 is 4.74 Å². The fourth-order valence-corrected chi connectivity index (χ4v) is 3.39. The maximum atomic E-state index is 5.67. The summed E-state index contributed by atoms with van der Waals surface area (Å²) in [4.78, 5) is 9.36. The van der Waals surface area contributed by atoms with Gasteiger partial charge in [0.2, 0.25) is 5.88 Å². The van der Waals surface area contributed by atoms with Gasteiger partial charge in [0.1, 0.15) is 12.3 Å². The molecule has 1 aliphatic carbocycles. The molecule has 0 saturated heterocycles. The summed E-state index contributed by atoms with van der Waals surface area (Å²) >= 11 is 1.75. The highest BCUT2D eigenvalue weighted by atomic mass is 32.2. The third-order valence-corrected chi connectivity index (χ3v) is 4.62. The van der Waals surface area contributed by atoms with Gasteiger partial charge in [0, 0.05) is 22.0 Å². The second-order valence-electron chi connectivity index (χ2n) is 5.18. The summed E-state index contributed by atoms with van der Waals surface area (Å²) in [5.41, 5.74) is 1.17. The van der Waals surface area contributed by atoms with E-state index in [1.54, 1.807) is 11.8 Å². The van der Waals surface area contributed by atoms with Crippen molar-refractivity contribution in [3.05, 3.63) is 42.6 Å². The molecule has 2 heterocycles. The zero-order valence-corrected chi connectivity index (χ0v) is 12.0. The minimum absolute atomic E-state index is 0.705. The predicted octanol–water partition coefficient (Wildman–Crippen LogP) is 3.59. The van der Waals surface area contributed by atoms with E-state index in [0.717, 1.165) is 19.0 Å². The first-order valence-electron chi connectivity index (χ1n) is 7.02. The monoisotopic (exact) mass is 284 g/mol. The molecule has 4 heteroatoms. The normalized spacial score (nSPS) is 17.5. The van der Waals surface area contributed by atoms with Crippen LogP contribution in [0.15, 0.2) is 52.4 Å². The molecule has 2 aliphatic rings. The molecular weight excluding hydrogens is 268 g/mol. The average Bonchev–Trinajstić information content (AvgIpc) is 3.32. The summed E-state index contributed by atoms with van der Waals surface area (Å²) in [6, 6.07) is 13.3. The average molecular weight is 284 g/mol. The zero-order valence-electron chi connectivity index (χ0n) is 11.2. The third kappa shape index (κ3) is 2.36. The molecule has 3 nitrogen and oxygen atoms in total. The van der Waals surface area contributed by atoms with Crippen LogP contribution >= 0.6 is 11.8 Å². The van der Waals surface area contributed by atoms with Gasteiger partial charge in [0.25, 0.3) is 0 Å². The van der Waals surface area contributed by atoms with Crippen LogP contribution in [0.1, 0.15) is 12.8 Å². The van der Waals surface area contributed by atoms with Crippen LogP contribution in [0.3, 0.4) is 0 Å².